The Morgan fingerprint density at radius 1 is 1.07 bits per heavy atom. The van der Waals surface area contributed by atoms with Crippen molar-refractivity contribution in [2.45, 2.75) is 30.9 Å². The normalized spacial score (nSPS) is 21.2. The zero-order chi connectivity index (χ0) is 18.9. The number of benzene rings is 2. The lowest BCUT2D eigenvalue weighted by atomic mass is 9.98. The van der Waals surface area contributed by atoms with Crippen LogP contribution in [0.25, 0.3) is 11.1 Å². The van der Waals surface area contributed by atoms with Crippen molar-refractivity contribution in [1.82, 2.24) is 5.32 Å². The first kappa shape index (κ1) is 17.5. The van der Waals surface area contributed by atoms with E-state index in [0.29, 0.717) is 13.0 Å². The number of amides is 1. The fourth-order valence-corrected chi connectivity index (χ4v) is 3.91. The van der Waals surface area contributed by atoms with Crippen LogP contribution >= 0.6 is 0 Å². The number of carboxylic acid groups (broad SMARTS) is 1. The monoisotopic (exact) mass is 367 g/mol. The van der Waals surface area contributed by atoms with Crippen molar-refractivity contribution >= 4 is 12.1 Å². The van der Waals surface area contributed by atoms with Crippen LogP contribution in [0.2, 0.25) is 0 Å². The molecule has 0 radical (unpaired) electrons. The molecular formula is C21H21NO5. The molecule has 0 aromatic heterocycles. The molecule has 1 fully saturated rings. The van der Waals surface area contributed by atoms with Gasteiger partial charge in [-0.3, -0.25) is 5.32 Å². The Hall–Kier alpha value is -2.86. The van der Waals surface area contributed by atoms with E-state index in [9.17, 15) is 14.7 Å². The van der Waals surface area contributed by atoms with Crippen LogP contribution < -0.4 is 5.32 Å². The number of alkyl carbamates (subject to hydrolysis) is 1. The first-order valence-electron chi connectivity index (χ1n) is 9.11. The van der Waals surface area contributed by atoms with E-state index in [-0.39, 0.29) is 18.9 Å². The summed E-state index contributed by atoms with van der Waals surface area (Å²) in [5.41, 5.74) is 2.79. The van der Waals surface area contributed by atoms with Gasteiger partial charge in [0.25, 0.3) is 0 Å². The highest BCUT2D eigenvalue weighted by molar-refractivity contribution is 5.83. The van der Waals surface area contributed by atoms with E-state index in [1.165, 1.54) is 0 Å². The zero-order valence-corrected chi connectivity index (χ0v) is 14.8. The highest BCUT2D eigenvalue weighted by Gasteiger charge is 2.43. The van der Waals surface area contributed by atoms with Crippen LogP contribution in [-0.4, -0.2) is 36.1 Å². The number of carbonyl (C=O) groups excluding carboxylic acids is 1. The highest BCUT2D eigenvalue weighted by Crippen LogP contribution is 2.44. The average molecular weight is 367 g/mol. The minimum absolute atomic E-state index is 0.0730. The molecular weight excluding hydrogens is 346 g/mol. The number of hydrogen-bond donors (Lipinski definition) is 2. The van der Waals surface area contributed by atoms with Crippen LogP contribution in [0.4, 0.5) is 4.79 Å². The van der Waals surface area contributed by atoms with E-state index >= 15 is 0 Å². The Kier molecular flexibility index (Phi) is 4.58. The molecule has 140 valence electrons. The predicted octanol–water partition coefficient (Wildman–Crippen LogP) is 3.51. The molecule has 0 saturated carbocycles. The lowest BCUT2D eigenvalue weighted by molar-refractivity contribution is -0.177. The minimum Gasteiger partial charge on any atom is -0.478 e. The molecule has 2 aromatic carbocycles. The summed E-state index contributed by atoms with van der Waals surface area (Å²) in [6.07, 6.45) is 0.908. The quantitative estimate of drug-likeness (QED) is 0.864. The maximum absolute atomic E-state index is 12.3. The maximum Gasteiger partial charge on any atom is 0.409 e. The fraction of sp³-hybridized carbons (Fsp3) is 0.333. The third-order valence-corrected chi connectivity index (χ3v) is 5.26. The third-order valence-electron chi connectivity index (χ3n) is 5.26. The number of ether oxygens (including phenoxy) is 2. The van der Waals surface area contributed by atoms with Gasteiger partial charge in [0.05, 0.1) is 6.61 Å². The lowest BCUT2D eigenvalue weighted by Gasteiger charge is -2.33. The molecule has 1 aliphatic carbocycles. The average Bonchev–Trinajstić information content (AvgIpc) is 3.01. The first-order valence-corrected chi connectivity index (χ1v) is 9.11. The number of carbonyl (C=O) groups is 2. The summed E-state index contributed by atoms with van der Waals surface area (Å²) in [5, 5.41) is 11.9. The molecule has 2 aliphatic rings. The van der Waals surface area contributed by atoms with Crippen molar-refractivity contribution in [1.29, 1.82) is 0 Å². The Morgan fingerprint density at radius 3 is 2.26 bits per heavy atom. The van der Waals surface area contributed by atoms with E-state index in [1.807, 2.05) is 36.4 Å². The van der Waals surface area contributed by atoms with Crippen molar-refractivity contribution in [3.05, 3.63) is 59.7 Å². The molecule has 0 spiro atoms. The Bertz CT molecular complexity index is 827. The second-order valence-electron chi connectivity index (χ2n) is 6.89. The van der Waals surface area contributed by atoms with E-state index in [0.717, 1.165) is 28.7 Å². The molecule has 1 unspecified atom stereocenters. The molecule has 1 heterocycles. The molecule has 1 atom stereocenters. The van der Waals surface area contributed by atoms with Gasteiger partial charge in [0, 0.05) is 12.3 Å². The smallest absolute Gasteiger partial charge is 0.409 e. The summed E-state index contributed by atoms with van der Waals surface area (Å²) in [4.78, 5) is 23.9. The third kappa shape index (κ3) is 3.17. The summed E-state index contributed by atoms with van der Waals surface area (Å²) in [6.45, 7) is 0.436. The Morgan fingerprint density at radius 2 is 1.70 bits per heavy atom. The zero-order valence-electron chi connectivity index (χ0n) is 14.8. The van der Waals surface area contributed by atoms with Gasteiger partial charge in [0.15, 0.2) is 0 Å². The fourth-order valence-electron chi connectivity index (χ4n) is 3.91. The van der Waals surface area contributed by atoms with Gasteiger partial charge in [-0.15, -0.1) is 0 Å². The van der Waals surface area contributed by atoms with Crippen LogP contribution in [0.1, 0.15) is 36.3 Å². The van der Waals surface area contributed by atoms with Crippen LogP contribution in [0.5, 0.6) is 0 Å². The highest BCUT2D eigenvalue weighted by atomic mass is 16.6. The van der Waals surface area contributed by atoms with E-state index < -0.39 is 17.8 Å². The molecule has 2 N–H and O–H groups in total. The topological polar surface area (TPSA) is 84.9 Å². The number of nitrogens with one attached hydrogen (secondary N) is 1. The molecule has 4 rings (SSSR count). The van der Waals surface area contributed by atoms with Crippen molar-refractivity contribution in [2.24, 2.45) is 0 Å². The molecule has 0 bridgehead atoms. The Balaban J connectivity index is 1.49. The largest absolute Gasteiger partial charge is 0.478 e. The van der Waals surface area contributed by atoms with Crippen molar-refractivity contribution in [2.75, 3.05) is 13.2 Å². The van der Waals surface area contributed by atoms with Gasteiger partial charge in [0.1, 0.15) is 6.61 Å². The molecule has 1 saturated heterocycles. The van der Waals surface area contributed by atoms with Crippen molar-refractivity contribution < 1.29 is 24.2 Å². The summed E-state index contributed by atoms with van der Waals surface area (Å²) >= 11 is 0. The number of fused-ring (bicyclic) bond motifs is 3. The van der Waals surface area contributed by atoms with Gasteiger partial charge in [-0.2, -0.15) is 0 Å². The molecule has 1 amide bonds. The van der Waals surface area contributed by atoms with E-state index in [2.05, 4.69) is 17.4 Å². The molecule has 6 heteroatoms. The number of carboxylic acids is 1. The van der Waals surface area contributed by atoms with Crippen LogP contribution in [0.15, 0.2) is 48.5 Å². The predicted molar refractivity (Wildman–Crippen MR) is 98.4 cm³/mol. The summed E-state index contributed by atoms with van der Waals surface area (Å²) in [7, 11) is 0. The standard InChI is InChI=1S/C21H21NO5/c23-19(24)21(11-5-6-12-27-21)22-20(25)26-13-18-16-9-3-1-7-14(16)15-8-2-4-10-17(15)18/h1-4,7-10,18H,5-6,11-13H2,(H,22,25)(H,23,24). The van der Waals surface area contributed by atoms with Gasteiger partial charge in [-0.05, 0) is 35.1 Å². The van der Waals surface area contributed by atoms with E-state index in [4.69, 9.17) is 9.47 Å². The summed E-state index contributed by atoms with van der Waals surface area (Å²) in [5.74, 6) is -1.27. The first-order chi connectivity index (χ1) is 13.1. The van der Waals surface area contributed by atoms with Gasteiger partial charge >= 0.3 is 12.1 Å². The Labute approximate surface area is 157 Å². The second kappa shape index (κ2) is 7.04. The summed E-state index contributed by atoms with van der Waals surface area (Å²) < 4.78 is 10.8. The van der Waals surface area contributed by atoms with Crippen molar-refractivity contribution in [3.8, 4) is 11.1 Å². The molecule has 2 aromatic rings. The van der Waals surface area contributed by atoms with Crippen LogP contribution in [-0.2, 0) is 14.3 Å². The van der Waals surface area contributed by atoms with Gasteiger partial charge in [0.2, 0.25) is 5.72 Å². The summed E-state index contributed by atoms with van der Waals surface area (Å²) in [6, 6.07) is 16.1. The van der Waals surface area contributed by atoms with Gasteiger partial charge in [-0.1, -0.05) is 48.5 Å². The lowest BCUT2D eigenvalue weighted by Crippen LogP contribution is -2.58. The second-order valence-corrected chi connectivity index (χ2v) is 6.89. The molecule has 27 heavy (non-hydrogen) atoms. The van der Waals surface area contributed by atoms with E-state index in [1.54, 1.807) is 0 Å². The number of aliphatic carboxylic acids is 1. The maximum atomic E-state index is 12.3. The van der Waals surface area contributed by atoms with Gasteiger partial charge in [-0.25, -0.2) is 9.59 Å². The number of hydrogen-bond acceptors (Lipinski definition) is 4. The van der Waals surface area contributed by atoms with Crippen LogP contribution in [0.3, 0.4) is 0 Å². The van der Waals surface area contributed by atoms with Gasteiger partial charge < -0.3 is 14.6 Å². The minimum atomic E-state index is -1.69. The molecule has 6 nitrogen and oxygen atoms in total. The number of rotatable bonds is 4. The molecule has 1 aliphatic heterocycles. The SMILES string of the molecule is O=C(NC1(C(=O)O)CCCCO1)OCC1c2ccccc2-c2ccccc21. The van der Waals surface area contributed by atoms with Crippen molar-refractivity contribution in [3.63, 3.8) is 0 Å². The van der Waals surface area contributed by atoms with Crippen LogP contribution in [0, 0.1) is 0 Å².